The summed E-state index contributed by atoms with van der Waals surface area (Å²) in [5, 5.41) is 0.0362. The Bertz CT molecular complexity index is 510. The third-order valence-corrected chi connectivity index (χ3v) is 4.24. The number of sulfonamides is 1. The number of hydrogen-bond acceptors (Lipinski definition) is 4. The molecule has 0 saturated carbocycles. The van der Waals surface area contributed by atoms with Crippen molar-refractivity contribution in [3.63, 3.8) is 0 Å². The standard InChI is InChI=1S/C10H18N4O2S2/c1-3-5-14(6-9(11)17)18(15,16)10-7-13(4-2)8-12-10/h7-8H,3-6H2,1-2H3,(H2,11,17). The minimum absolute atomic E-state index is 0.0362. The van der Waals surface area contributed by atoms with Crippen molar-refractivity contribution in [3.8, 4) is 0 Å². The van der Waals surface area contributed by atoms with Crippen molar-refractivity contribution in [2.45, 2.75) is 31.8 Å². The molecule has 1 aromatic rings. The van der Waals surface area contributed by atoms with E-state index < -0.39 is 10.0 Å². The van der Waals surface area contributed by atoms with Gasteiger partial charge in [0.15, 0.2) is 5.03 Å². The summed E-state index contributed by atoms with van der Waals surface area (Å²) in [6, 6.07) is 0. The third kappa shape index (κ3) is 3.50. The number of aryl methyl sites for hydroxylation is 1. The third-order valence-electron chi connectivity index (χ3n) is 2.38. The Morgan fingerprint density at radius 2 is 2.22 bits per heavy atom. The van der Waals surface area contributed by atoms with Crippen LogP contribution in [0.1, 0.15) is 20.3 Å². The maximum absolute atomic E-state index is 12.3. The largest absolute Gasteiger partial charge is 0.392 e. The molecule has 0 spiro atoms. The highest BCUT2D eigenvalue weighted by Gasteiger charge is 2.26. The van der Waals surface area contributed by atoms with Gasteiger partial charge >= 0.3 is 0 Å². The number of nitrogens with two attached hydrogens (primary N) is 1. The van der Waals surface area contributed by atoms with E-state index in [-0.39, 0.29) is 16.6 Å². The summed E-state index contributed by atoms with van der Waals surface area (Å²) in [4.78, 5) is 4.07. The molecule has 0 radical (unpaired) electrons. The zero-order chi connectivity index (χ0) is 13.8. The van der Waals surface area contributed by atoms with Crippen LogP contribution < -0.4 is 5.73 Å². The van der Waals surface area contributed by atoms with Crippen molar-refractivity contribution >= 4 is 27.2 Å². The molecule has 18 heavy (non-hydrogen) atoms. The molecular formula is C10H18N4O2S2. The lowest BCUT2D eigenvalue weighted by Crippen LogP contribution is -2.38. The molecule has 0 bridgehead atoms. The second-order valence-electron chi connectivity index (χ2n) is 3.85. The molecule has 6 nitrogen and oxygen atoms in total. The first kappa shape index (κ1) is 15.1. The fourth-order valence-corrected chi connectivity index (χ4v) is 3.17. The highest BCUT2D eigenvalue weighted by Crippen LogP contribution is 2.13. The lowest BCUT2D eigenvalue weighted by Gasteiger charge is -2.19. The summed E-state index contributed by atoms with van der Waals surface area (Å²) >= 11 is 4.78. The molecule has 1 aromatic heterocycles. The van der Waals surface area contributed by atoms with Gasteiger partial charge in [-0.25, -0.2) is 13.4 Å². The van der Waals surface area contributed by atoms with Gasteiger partial charge in [0.1, 0.15) is 0 Å². The van der Waals surface area contributed by atoms with E-state index in [2.05, 4.69) is 4.98 Å². The fourth-order valence-electron chi connectivity index (χ4n) is 1.49. The first-order valence-electron chi connectivity index (χ1n) is 5.72. The Morgan fingerprint density at radius 1 is 1.56 bits per heavy atom. The second-order valence-corrected chi connectivity index (χ2v) is 6.26. The van der Waals surface area contributed by atoms with Crippen LogP contribution in [0, 0.1) is 0 Å². The van der Waals surface area contributed by atoms with Gasteiger partial charge in [0, 0.05) is 19.3 Å². The van der Waals surface area contributed by atoms with Gasteiger partial charge in [-0.05, 0) is 13.3 Å². The molecule has 8 heteroatoms. The van der Waals surface area contributed by atoms with E-state index >= 15 is 0 Å². The highest BCUT2D eigenvalue weighted by atomic mass is 32.2. The molecule has 1 rings (SSSR count). The Morgan fingerprint density at radius 3 is 2.67 bits per heavy atom. The molecule has 0 aliphatic carbocycles. The van der Waals surface area contributed by atoms with Crippen molar-refractivity contribution in [2.24, 2.45) is 5.73 Å². The van der Waals surface area contributed by atoms with Crippen LogP contribution in [0.15, 0.2) is 17.6 Å². The minimum atomic E-state index is -3.61. The van der Waals surface area contributed by atoms with E-state index in [9.17, 15) is 8.42 Å². The first-order chi connectivity index (χ1) is 8.41. The lowest BCUT2D eigenvalue weighted by molar-refractivity contribution is 0.447. The summed E-state index contributed by atoms with van der Waals surface area (Å²) in [5.74, 6) is 0. The number of thiocarbonyl (C=S) groups is 1. The van der Waals surface area contributed by atoms with Crippen LogP contribution in [0.4, 0.5) is 0 Å². The average molecular weight is 290 g/mol. The van der Waals surface area contributed by atoms with Gasteiger partial charge in [-0.15, -0.1) is 0 Å². The van der Waals surface area contributed by atoms with Gasteiger partial charge < -0.3 is 10.3 Å². The van der Waals surface area contributed by atoms with Gasteiger partial charge in [0.25, 0.3) is 10.0 Å². The van der Waals surface area contributed by atoms with E-state index in [1.54, 1.807) is 4.57 Å². The molecular weight excluding hydrogens is 272 g/mol. The number of aromatic nitrogens is 2. The zero-order valence-corrected chi connectivity index (χ0v) is 12.2. The summed E-state index contributed by atoms with van der Waals surface area (Å²) in [6.45, 7) is 4.90. The molecule has 102 valence electrons. The molecule has 0 saturated heterocycles. The van der Waals surface area contributed by atoms with Crippen LogP contribution >= 0.6 is 12.2 Å². The van der Waals surface area contributed by atoms with Gasteiger partial charge in [0.2, 0.25) is 0 Å². The van der Waals surface area contributed by atoms with Crippen LogP contribution in [-0.4, -0.2) is 40.4 Å². The average Bonchev–Trinajstić information content (AvgIpc) is 2.77. The summed E-state index contributed by atoms with van der Waals surface area (Å²) in [5.41, 5.74) is 5.43. The Hall–Kier alpha value is -0.990. The molecule has 0 aliphatic heterocycles. The predicted octanol–water partition coefficient (Wildman–Crippen LogP) is 0.590. The highest BCUT2D eigenvalue weighted by molar-refractivity contribution is 7.89. The van der Waals surface area contributed by atoms with E-state index in [4.69, 9.17) is 18.0 Å². The summed E-state index contributed by atoms with van der Waals surface area (Å²) < 4.78 is 27.6. The summed E-state index contributed by atoms with van der Waals surface area (Å²) in [7, 11) is -3.61. The van der Waals surface area contributed by atoms with Crippen LogP contribution in [0.2, 0.25) is 0 Å². The molecule has 0 atom stereocenters. The van der Waals surface area contributed by atoms with Gasteiger partial charge in [0.05, 0.1) is 17.9 Å². The van der Waals surface area contributed by atoms with Gasteiger partial charge in [-0.1, -0.05) is 19.1 Å². The molecule has 1 heterocycles. The Labute approximate surface area is 113 Å². The summed E-state index contributed by atoms with van der Waals surface area (Å²) in [6.07, 6.45) is 3.70. The van der Waals surface area contributed by atoms with E-state index in [1.807, 2.05) is 13.8 Å². The normalized spacial score (nSPS) is 11.9. The number of nitrogens with zero attached hydrogens (tertiary/aromatic N) is 3. The first-order valence-corrected chi connectivity index (χ1v) is 7.56. The quantitative estimate of drug-likeness (QED) is 0.743. The van der Waals surface area contributed by atoms with E-state index in [0.29, 0.717) is 19.5 Å². The molecule has 0 aromatic carbocycles. The maximum Gasteiger partial charge on any atom is 0.262 e. The Balaban J connectivity index is 3.03. The van der Waals surface area contributed by atoms with Crippen molar-refractivity contribution in [1.82, 2.24) is 13.9 Å². The van der Waals surface area contributed by atoms with Gasteiger partial charge in [-0.3, -0.25) is 0 Å². The van der Waals surface area contributed by atoms with Crippen molar-refractivity contribution in [1.29, 1.82) is 0 Å². The molecule has 0 aliphatic rings. The monoisotopic (exact) mass is 290 g/mol. The second kappa shape index (κ2) is 6.26. The van der Waals surface area contributed by atoms with E-state index in [1.165, 1.54) is 16.8 Å². The van der Waals surface area contributed by atoms with Crippen LogP contribution in [0.5, 0.6) is 0 Å². The molecule has 2 N–H and O–H groups in total. The van der Waals surface area contributed by atoms with Crippen LogP contribution in [-0.2, 0) is 16.6 Å². The van der Waals surface area contributed by atoms with Crippen LogP contribution in [0.3, 0.4) is 0 Å². The fraction of sp³-hybridized carbons (Fsp3) is 0.600. The number of hydrogen-bond donors (Lipinski definition) is 1. The van der Waals surface area contributed by atoms with Gasteiger partial charge in [-0.2, -0.15) is 4.31 Å². The number of imidazole rings is 1. The smallest absolute Gasteiger partial charge is 0.262 e. The zero-order valence-electron chi connectivity index (χ0n) is 10.5. The Kier molecular flexibility index (Phi) is 5.24. The molecule has 0 fully saturated rings. The van der Waals surface area contributed by atoms with E-state index in [0.717, 1.165) is 0 Å². The van der Waals surface area contributed by atoms with Crippen molar-refractivity contribution in [3.05, 3.63) is 12.5 Å². The maximum atomic E-state index is 12.3. The SMILES string of the molecule is CCCN(CC(N)=S)S(=O)(=O)c1cn(CC)cn1. The lowest BCUT2D eigenvalue weighted by atomic mass is 10.5. The minimum Gasteiger partial charge on any atom is -0.392 e. The molecule has 0 unspecified atom stereocenters. The van der Waals surface area contributed by atoms with Crippen molar-refractivity contribution < 1.29 is 8.42 Å². The topological polar surface area (TPSA) is 81.2 Å². The predicted molar refractivity (Wildman–Crippen MR) is 73.7 cm³/mol. The molecule has 0 amide bonds. The number of rotatable bonds is 7. The van der Waals surface area contributed by atoms with Crippen molar-refractivity contribution in [2.75, 3.05) is 13.1 Å². The van der Waals surface area contributed by atoms with Crippen LogP contribution in [0.25, 0.3) is 0 Å².